The molecule has 0 aromatic rings. The van der Waals surface area contributed by atoms with Gasteiger partial charge in [-0.2, -0.15) is 0 Å². The van der Waals surface area contributed by atoms with Crippen molar-refractivity contribution in [3.8, 4) is 0 Å². The van der Waals surface area contributed by atoms with Crippen LogP contribution in [0.4, 0.5) is 0 Å². The number of aliphatic hydroxyl groups excluding tert-OH is 1. The van der Waals surface area contributed by atoms with E-state index in [0.29, 0.717) is 32.0 Å². The molecule has 3 saturated heterocycles. The number of carbonyl (C=O) groups is 3. The number of hydrogen-bond donors (Lipinski definition) is 1. The van der Waals surface area contributed by atoms with Gasteiger partial charge in [0.25, 0.3) is 5.91 Å². The maximum absolute atomic E-state index is 13.0. The zero-order valence-electron chi connectivity index (χ0n) is 14.4. The van der Waals surface area contributed by atoms with E-state index in [1.54, 1.807) is 0 Å². The molecule has 0 aromatic carbocycles. The van der Waals surface area contributed by atoms with Gasteiger partial charge in [-0.3, -0.25) is 29.1 Å². The van der Waals surface area contributed by atoms with Gasteiger partial charge in [0.2, 0.25) is 5.91 Å². The highest BCUT2D eigenvalue weighted by Gasteiger charge is 2.64. The summed E-state index contributed by atoms with van der Waals surface area (Å²) < 4.78 is 4.62. The number of β-amino-alcohol motifs (C(OH)–C–C–N with tert-alkyl or cyclic N) is 1. The van der Waals surface area contributed by atoms with Crippen LogP contribution >= 0.6 is 0 Å². The first kappa shape index (κ1) is 17.3. The van der Waals surface area contributed by atoms with Gasteiger partial charge in [-0.05, 0) is 12.3 Å². The number of aliphatic hydroxyl groups is 1. The average molecular weight is 339 g/mol. The Morgan fingerprint density at radius 1 is 1.38 bits per heavy atom. The minimum Gasteiger partial charge on any atom is -0.468 e. The van der Waals surface area contributed by atoms with Crippen LogP contribution in [0.1, 0.15) is 20.3 Å². The Labute approximate surface area is 141 Å². The van der Waals surface area contributed by atoms with E-state index >= 15 is 0 Å². The Morgan fingerprint density at radius 3 is 2.62 bits per heavy atom. The molecule has 3 heterocycles. The number of nitrogens with zero attached hydrogens (tertiary/aromatic N) is 3. The van der Waals surface area contributed by atoms with Crippen LogP contribution in [-0.2, 0) is 19.1 Å². The predicted octanol–water partition coefficient (Wildman–Crippen LogP) is -1.33. The van der Waals surface area contributed by atoms with Crippen molar-refractivity contribution in [2.24, 2.45) is 5.92 Å². The molecule has 1 N–H and O–H groups in total. The number of hydrogen-bond acceptors (Lipinski definition) is 7. The topological polar surface area (TPSA) is 90.4 Å². The lowest BCUT2D eigenvalue weighted by Crippen LogP contribution is -2.81. The number of piperazine rings is 1. The third-order valence-electron chi connectivity index (χ3n) is 5.13. The molecule has 24 heavy (non-hydrogen) atoms. The summed E-state index contributed by atoms with van der Waals surface area (Å²) in [6.07, 6.45) is -0.323. The Kier molecular flexibility index (Phi) is 4.39. The molecule has 0 radical (unpaired) electrons. The van der Waals surface area contributed by atoms with Gasteiger partial charge in [-0.15, -0.1) is 0 Å². The first-order valence-corrected chi connectivity index (χ1v) is 8.38. The Hall–Kier alpha value is -1.51. The van der Waals surface area contributed by atoms with Gasteiger partial charge in [-0.25, -0.2) is 0 Å². The molecule has 3 aliphatic rings. The molecule has 2 amide bonds. The summed E-state index contributed by atoms with van der Waals surface area (Å²) in [6.45, 7) is 6.12. The fourth-order valence-corrected chi connectivity index (χ4v) is 4.17. The normalized spacial score (nSPS) is 30.0. The minimum absolute atomic E-state index is 0.301. The maximum Gasteiger partial charge on any atom is 0.325 e. The number of fused-ring (bicyclic) bond motifs is 2. The number of likely N-dealkylation sites (tertiary alicyclic amines) is 1. The Balaban J connectivity index is 1.85. The van der Waals surface area contributed by atoms with Crippen molar-refractivity contribution in [2.75, 3.05) is 39.8 Å². The highest BCUT2D eigenvalue weighted by atomic mass is 16.5. The lowest BCUT2D eigenvalue weighted by molar-refractivity contribution is -0.182. The zero-order valence-corrected chi connectivity index (χ0v) is 14.4. The van der Waals surface area contributed by atoms with Crippen LogP contribution in [-0.4, -0.2) is 95.1 Å². The Bertz CT molecular complexity index is 558. The first-order chi connectivity index (χ1) is 11.3. The molecule has 2 unspecified atom stereocenters. The summed E-state index contributed by atoms with van der Waals surface area (Å²) in [6, 6.07) is -0.538. The summed E-state index contributed by atoms with van der Waals surface area (Å²) in [5, 5.41) is 10.0. The number of imide groups is 1. The van der Waals surface area contributed by atoms with Crippen molar-refractivity contribution in [3.05, 3.63) is 0 Å². The van der Waals surface area contributed by atoms with Gasteiger partial charge in [0.1, 0.15) is 12.1 Å². The third kappa shape index (κ3) is 2.62. The van der Waals surface area contributed by atoms with Gasteiger partial charge >= 0.3 is 5.97 Å². The molecular formula is C16H25N3O5. The second kappa shape index (κ2) is 6.09. The molecule has 2 atom stereocenters. The number of ether oxygens (including phenoxy) is 1. The second-order valence-corrected chi connectivity index (χ2v) is 7.46. The van der Waals surface area contributed by atoms with Crippen LogP contribution in [0.15, 0.2) is 0 Å². The largest absolute Gasteiger partial charge is 0.468 e. The van der Waals surface area contributed by atoms with Crippen molar-refractivity contribution in [2.45, 2.75) is 38.0 Å². The molecule has 3 fully saturated rings. The van der Waals surface area contributed by atoms with E-state index in [1.807, 2.05) is 4.90 Å². The monoisotopic (exact) mass is 339 g/mol. The minimum atomic E-state index is -0.807. The van der Waals surface area contributed by atoms with Crippen molar-refractivity contribution < 1.29 is 24.2 Å². The van der Waals surface area contributed by atoms with Crippen LogP contribution in [0.3, 0.4) is 0 Å². The van der Waals surface area contributed by atoms with Crippen LogP contribution in [0.25, 0.3) is 0 Å². The van der Waals surface area contributed by atoms with E-state index in [-0.39, 0.29) is 12.5 Å². The molecule has 0 bridgehead atoms. The van der Waals surface area contributed by atoms with Crippen LogP contribution < -0.4 is 0 Å². The molecule has 8 nitrogen and oxygen atoms in total. The Morgan fingerprint density at radius 2 is 2.04 bits per heavy atom. The first-order valence-electron chi connectivity index (χ1n) is 8.38. The third-order valence-corrected chi connectivity index (χ3v) is 5.13. The fraction of sp³-hybridized carbons (Fsp3) is 0.812. The van der Waals surface area contributed by atoms with E-state index in [4.69, 9.17) is 0 Å². The fourth-order valence-electron chi connectivity index (χ4n) is 4.17. The van der Waals surface area contributed by atoms with Crippen LogP contribution in [0, 0.1) is 5.92 Å². The summed E-state index contributed by atoms with van der Waals surface area (Å²) >= 11 is 0. The van der Waals surface area contributed by atoms with Crippen molar-refractivity contribution in [1.29, 1.82) is 0 Å². The van der Waals surface area contributed by atoms with Gasteiger partial charge < -0.3 is 9.84 Å². The SMILES string of the molecule is COC(=O)CN1C(=O)C2CC(O)CN2C2(CN(CC(C)C)C2)C1=O. The molecule has 0 aromatic heterocycles. The molecule has 8 heteroatoms. The number of esters is 1. The van der Waals surface area contributed by atoms with Gasteiger partial charge in [-0.1, -0.05) is 13.8 Å². The van der Waals surface area contributed by atoms with Crippen LogP contribution in [0.2, 0.25) is 0 Å². The van der Waals surface area contributed by atoms with Crippen molar-refractivity contribution in [1.82, 2.24) is 14.7 Å². The van der Waals surface area contributed by atoms with E-state index in [1.165, 1.54) is 7.11 Å². The molecular weight excluding hydrogens is 314 g/mol. The summed E-state index contributed by atoms with van der Waals surface area (Å²) in [5.41, 5.74) is -0.807. The van der Waals surface area contributed by atoms with E-state index in [9.17, 15) is 19.5 Å². The quantitative estimate of drug-likeness (QED) is 0.501. The molecule has 1 spiro atoms. The maximum atomic E-state index is 13.0. The lowest BCUT2D eigenvalue weighted by Gasteiger charge is -2.58. The van der Waals surface area contributed by atoms with Gasteiger partial charge in [0, 0.05) is 26.2 Å². The number of carbonyl (C=O) groups excluding carboxylic acids is 3. The lowest BCUT2D eigenvalue weighted by atomic mass is 9.82. The van der Waals surface area contributed by atoms with Gasteiger partial charge in [0.05, 0.1) is 19.3 Å². The van der Waals surface area contributed by atoms with Crippen molar-refractivity contribution >= 4 is 17.8 Å². The van der Waals surface area contributed by atoms with Gasteiger partial charge in [0.15, 0.2) is 0 Å². The van der Waals surface area contributed by atoms with Crippen LogP contribution in [0.5, 0.6) is 0 Å². The average Bonchev–Trinajstić information content (AvgIpc) is 2.87. The number of rotatable bonds is 4. The van der Waals surface area contributed by atoms with Crippen molar-refractivity contribution in [3.63, 3.8) is 0 Å². The van der Waals surface area contributed by atoms with E-state index < -0.39 is 29.6 Å². The molecule has 3 rings (SSSR count). The molecule has 0 aliphatic carbocycles. The smallest absolute Gasteiger partial charge is 0.325 e. The molecule has 134 valence electrons. The molecule has 3 aliphatic heterocycles. The highest BCUT2D eigenvalue weighted by Crippen LogP contribution is 2.40. The highest BCUT2D eigenvalue weighted by molar-refractivity contribution is 6.07. The summed E-state index contributed by atoms with van der Waals surface area (Å²) in [4.78, 5) is 42.3. The van der Waals surface area contributed by atoms with E-state index in [2.05, 4.69) is 23.5 Å². The predicted molar refractivity (Wildman–Crippen MR) is 83.9 cm³/mol. The zero-order chi connectivity index (χ0) is 17.6. The van der Waals surface area contributed by atoms with E-state index in [0.717, 1.165) is 11.4 Å². The second-order valence-electron chi connectivity index (χ2n) is 7.46. The molecule has 0 saturated carbocycles. The summed E-state index contributed by atoms with van der Waals surface area (Å²) in [5.74, 6) is -0.885. The number of methoxy groups -OCH3 is 1. The number of amides is 2. The summed E-state index contributed by atoms with van der Waals surface area (Å²) in [7, 11) is 1.23. The standard InChI is InChI=1S/C16H25N3O5/c1-10(2)5-17-8-16(9-17)15(23)18(7-13(21)24-3)14(22)12-4-11(20)6-19(12)16/h10-12,20H,4-9H2,1-3H3.